The number of aliphatic carboxylic acids is 1. The van der Waals surface area contributed by atoms with Crippen LogP contribution in [0, 0.1) is 0 Å². The normalized spacial score (nSPS) is 19.6. The molecule has 10 heteroatoms. The summed E-state index contributed by atoms with van der Waals surface area (Å²) in [5, 5.41) is 8.58. The SMILES string of the molecule is CCN1C=C(C(=O)O)C(C(F)(F)F)=NS1(=O)=O. The highest BCUT2D eigenvalue weighted by atomic mass is 32.2. The van der Waals surface area contributed by atoms with Gasteiger partial charge in [0.2, 0.25) is 0 Å². The highest BCUT2D eigenvalue weighted by Crippen LogP contribution is 2.27. The van der Waals surface area contributed by atoms with Crippen LogP contribution in [0.25, 0.3) is 0 Å². The molecule has 1 N–H and O–H groups in total. The summed E-state index contributed by atoms with van der Waals surface area (Å²) in [5.41, 5.74) is -3.12. The van der Waals surface area contributed by atoms with Crippen molar-refractivity contribution >= 4 is 21.9 Å². The molecule has 0 radical (unpaired) electrons. The fraction of sp³-hybridized carbons (Fsp3) is 0.429. The van der Waals surface area contributed by atoms with Crippen LogP contribution in [0.4, 0.5) is 13.2 Å². The topological polar surface area (TPSA) is 87.0 Å². The molecule has 0 aromatic carbocycles. The summed E-state index contributed by atoms with van der Waals surface area (Å²) in [6.45, 7) is 1.12. The molecule has 0 fully saturated rings. The predicted molar refractivity (Wildman–Crippen MR) is 50.5 cm³/mol. The summed E-state index contributed by atoms with van der Waals surface area (Å²) in [7, 11) is -4.51. The Morgan fingerprint density at radius 2 is 2.06 bits per heavy atom. The molecule has 0 bridgehead atoms. The van der Waals surface area contributed by atoms with Crippen molar-refractivity contribution in [3.05, 3.63) is 11.8 Å². The van der Waals surface area contributed by atoms with Gasteiger partial charge in [-0.2, -0.15) is 21.6 Å². The van der Waals surface area contributed by atoms with Crippen molar-refractivity contribution in [2.24, 2.45) is 4.40 Å². The molecule has 0 spiro atoms. The molecule has 6 nitrogen and oxygen atoms in total. The van der Waals surface area contributed by atoms with Gasteiger partial charge >= 0.3 is 22.4 Å². The van der Waals surface area contributed by atoms with Crippen molar-refractivity contribution in [2.75, 3.05) is 6.54 Å². The lowest BCUT2D eigenvalue weighted by atomic mass is 10.1. The van der Waals surface area contributed by atoms with Gasteiger partial charge in [-0.3, -0.25) is 4.31 Å². The Morgan fingerprint density at radius 3 is 2.41 bits per heavy atom. The Morgan fingerprint density at radius 1 is 1.53 bits per heavy atom. The van der Waals surface area contributed by atoms with Crippen LogP contribution in [0.15, 0.2) is 16.2 Å². The molecule has 17 heavy (non-hydrogen) atoms. The largest absolute Gasteiger partial charge is 0.478 e. The molecule has 0 unspecified atom stereocenters. The minimum Gasteiger partial charge on any atom is -0.478 e. The fourth-order valence-electron chi connectivity index (χ4n) is 1.10. The summed E-state index contributed by atoms with van der Waals surface area (Å²) < 4.78 is 62.6. The van der Waals surface area contributed by atoms with Gasteiger partial charge in [0.15, 0.2) is 5.71 Å². The summed E-state index contributed by atoms with van der Waals surface area (Å²) in [6.07, 6.45) is -4.73. The minimum absolute atomic E-state index is 0.215. The minimum atomic E-state index is -5.14. The molecule has 1 aliphatic heterocycles. The first-order valence-electron chi connectivity index (χ1n) is 4.24. The van der Waals surface area contributed by atoms with Crippen molar-refractivity contribution in [3.63, 3.8) is 0 Å². The van der Waals surface area contributed by atoms with Crippen LogP contribution in [0.3, 0.4) is 0 Å². The van der Waals surface area contributed by atoms with E-state index < -0.39 is 33.6 Å². The predicted octanol–water partition coefficient (Wildman–Crippen LogP) is 0.538. The summed E-state index contributed by atoms with van der Waals surface area (Å²) >= 11 is 0. The van der Waals surface area contributed by atoms with E-state index >= 15 is 0 Å². The fourth-order valence-corrected chi connectivity index (χ4v) is 2.21. The average Bonchev–Trinajstić information content (AvgIpc) is 2.14. The lowest BCUT2D eigenvalue weighted by Crippen LogP contribution is -2.38. The third-order valence-electron chi connectivity index (χ3n) is 1.84. The summed E-state index contributed by atoms with van der Waals surface area (Å²) in [6, 6.07) is 0. The number of rotatable bonds is 2. The third kappa shape index (κ3) is 2.57. The zero-order valence-electron chi connectivity index (χ0n) is 8.39. The van der Waals surface area contributed by atoms with Crippen LogP contribution in [0.2, 0.25) is 0 Å². The van der Waals surface area contributed by atoms with E-state index in [-0.39, 0.29) is 6.54 Å². The van der Waals surface area contributed by atoms with Gasteiger partial charge in [-0.15, -0.1) is 4.40 Å². The van der Waals surface area contributed by atoms with E-state index in [1.807, 2.05) is 0 Å². The van der Waals surface area contributed by atoms with Gasteiger partial charge in [0.1, 0.15) is 5.57 Å². The molecular formula is C7H7F3N2O4S. The van der Waals surface area contributed by atoms with E-state index in [1.54, 1.807) is 0 Å². The maximum Gasteiger partial charge on any atom is 0.435 e. The third-order valence-corrected chi connectivity index (χ3v) is 3.21. The van der Waals surface area contributed by atoms with E-state index in [1.165, 1.54) is 6.92 Å². The quantitative estimate of drug-likeness (QED) is 0.794. The standard InChI is InChI=1S/C7H7F3N2O4S/c1-2-12-3-4(6(13)14)5(7(8,9)10)11-17(12,15)16/h3H,2H2,1H3,(H,13,14). The molecule has 0 aliphatic carbocycles. The van der Waals surface area contributed by atoms with Gasteiger partial charge in [0.05, 0.1) is 0 Å². The van der Waals surface area contributed by atoms with Gasteiger partial charge in [-0.05, 0) is 6.92 Å². The lowest BCUT2D eigenvalue weighted by Gasteiger charge is -2.22. The van der Waals surface area contributed by atoms with Crippen molar-refractivity contribution in [3.8, 4) is 0 Å². The molecule has 0 saturated carbocycles. The molecular weight excluding hydrogens is 265 g/mol. The molecule has 1 aliphatic rings. The molecule has 0 aromatic rings. The van der Waals surface area contributed by atoms with Crippen molar-refractivity contribution < 1.29 is 31.5 Å². The Balaban J connectivity index is 3.42. The van der Waals surface area contributed by atoms with Gasteiger partial charge in [-0.25, -0.2) is 4.79 Å². The molecule has 0 saturated heterocycles. The highest BCUT2D eigenvalue weighted by Gasteiger charge is 2.45. The van der Waals surface area contributed by atoms with Crippen molar-refractivity contribution in [1.82, 2.24) is 4.31 Å². The lowest BCUT2D eigenvalue weighted by molar-refractivity contribution is -0.132. The van der Waals surface area contributed by atoms with Gasteiger partial charge in [0, 0.05) is 12.7 Å². The van der Waals surface area contributed by atoms with E-state index in [0.29, 0.717) is 10.5 Å². The maximum absolute atomic E-state index is 12.4. The monoisotopic (exact) mass is 272 g/mol. The van der Waals surface area contributed by atoms with Gasteiger partial charge in [0.25, 0.3) is 0 Å². The van der Waals surface area contributed by atoms with Crippen LogP contribution < -0.4 is 0 Å². The molecule has 1 heterocycles. The number of carboxylic acid groups (broad SMARTS) is 1. The summed E-state index contributed by atoms with van der Waals surface area (Å²) in [4.78, 5) is 10.6. The van der Waals surface area contributed by atoms with E-state index in [2.05, 4.69) is 4.40 Å². The van der Waals surface area contributed by atoms with Crippen LogP contribution in [0.1, 0.15) is 6.92 Å². The van der Waals surface area contributed by atoms with E-state index in [0.717, 1.165) is 0 Å². The van der Waals surface area contributed by atoms with Crippen LogP contribution in [-0.2, 0) is 15.0 Å². The van der Waals surface area contributed by atoms with Crippen molar-refractivity contribution in [1.29, 1.82) is 0 Å². The van der Waals surface area contributed by atoms with Gasteiger partial charge < -0.3 is 5.11 Å². The Labute approximate surface area is 94.2 Å². The first kappa shape index (κ1) is 13.5. The number of halogens is 3. The average molecular weight is 272 g/mol. The number of carbonyl (C=O) groups is 1. The van der Waals surface area contributed by atoms with Gasteiger partial charge in [-0.1, -0.05) is 0 Å². The Hall–Kier alpha value is -1.58. The second-order valence-corrected chi connectivity index (χ2v) is 4.51. The zero-order chi connectivity index (χ0) is 13.4. The molecule has 96 valence electrons. The van der Waals surface area contributed by atoms with Crippen molar-refractivity contribution in [2.45, 2.75) is 13.1 Å². The van der Waals surface area contributed by atoms with E-state index in [9.17, 15) is 26.4 Å². The molecule has 1 rings (SSSR count). The Kier molecular flexibility index (Phi) is 3.19. The van der Waals surface area contributed by atoms with Crippen LogP contribution in [-0.4, -0.2) is 42.2 Å². The number of hydrogen-bond acceptors (Lipinski definition) is 3. The maximum atomic E-state index is 12.4. The number of carboxylic acids is 1. The molecule has 0 aromatic heterocycles. The second-order valence-electron chi connectivity index (χ2n) is 2.97. The highest BCUT2D eigenvalue weighted by molar-refractivity contribution is 7.88. The number of hydrogen-bond donors (Lipinski definition) is 1. The Bertz CT molecular complexity index is 506. The smallest absolute Gasteiger partial charge is 0.435 e. The van der Waals surface area contributed by atoms with E-state index in [4.69, 9.17) is 5.11 Å². The second kappa shape index (κ2) is 4.02. The molecule has 0 amide bonds. The van der Waals surface area contributed by atoms with Crippen LogP contribution in [0.5, 0.6) is 0 Å². The van der Waals surface area contributed by atoms with Crippen LogP contribution >= 0.6 is 0 Å². The first-order chi connectivity index (χ1) is 7.59. The number of nitrogens with zero attached hydrogens (tertiary/aromatic N) is 2. The molecule has 0 atom stereocenters. The zero-order valence-corrected chi connectivity index (χ0v) is 9.21. The number of alkyl halides is 3. The summed E-state index contributed by atoms with van der Waals surface area (Å²) in [5.74, 6) is -1.89. The first-order valence-corrected chi connectivity index (χ1v) is 5.63.